The summed E-state index contributed by atoms with van der Waals surface area (Å²) in [6, 6.07) is 0. The highest BCUT2D eigenvalue weighted by molar-refractivity contribution is 5.30. The fraction of sp³-hybridized carbons (Fsp3) is 0.556. The molecule has 0 aliphatic carbocycles. The molecule has 2 nitrogen and oxygen atoms in total. The summed E-state index contributed by atoms with van der Waals surface area (Å²) in [7, 11) is 0. The van der Waals surface area contributed by atoms with Crippen molar-refractivity contribution >= 4 is 0 Å². The van der Waals surface area contributed by atoms with E-state index in [4.69, 9.17) is 11.5 Å². The largest absolute Gasteiger partial charge is 0.404 e. The molecule has 2 heteroatoms. The van der Waals surface area contributed by atoms with E-state index in [1.165, 1.54) is 0 Å². The first-order valence-electron chi connectivity index (χ1n) is 3.85. The SMILES string of the molecule is CC(=C(/N)C(C)C)/C(C)=C/N. The van der Waals surface area contributed by atoms with Crippen LogP contribution in [0.25, 0.3) is 0 Å². The van der Waals surface area contributed by atoms with Crippen molar-refractivity contribution in [3.63, 3.8) is 0 Å². The van der Waals surface area contributed by atoms with Gasteiger partial charge in [-0.05, 0) is 37.1 Å². The van der Waals surface area contributed by atoms with E-state index in [9.17, 15) is 0 Å². The van der Waals surface area contributed by atoms with Crippen molar-refractivity contribution in [2.24, 2.45) is 17.4 Å². The zero-order chi connectivity index (χ0) is 9.02. The Morgan fingerprint density at radius 1 is 1.27 bits per heavy atom. The van der Waals surface area contributed by atoms with Crippen LogP contribution in [0.2, 0.25) is 0 Å². The van der Waals surface area contributed by atoms with E-state index in [0.717, 1.165) is 16.8 Å². The molecule has 0 radical (unpaired) electrons. The highest BCUT2D eigenvalue weighted by Gasteiger charge is 2.03. The van der Waals surface area contributed by atoms with Gasteiger partial charge in [0.05, 0.1) is 0 Å². The monoisotopic (exact) mass is 154 g/mol. The molecule has 0 aliphatic heterocycles. The molecule has 0 amide bonds. The van der Waals surface area contributed by atoms with Crippen molar-refractivity contribution in [3.05, 3.63) is 23.0 Å². The summed E-state index contributed by atoms with van der Waals surface area (Å²) in [5.74, 6) is 0.393. The Balaban J connectivity index is 4.67. The fourth-order valence-corrected chi connectivity index (χ4v) is 0.786. The summed E-state index contributed by atoms with van der Waals surface area (Å²) in [4.78, 5) is 0. The quantitative estimate of drug-likeness (QED) is 0.595. The molecular formula is C9H18N2. The Kier molecular flexibility index (Phi) is 3.72. The predicted molar refractivity (Wildman–Crippen MR) is 49.7 cm³/mol. The molecule has 0 unspecified atom stereocenters. The fourth-order valence-electron chi connectivity index (χ4n) is 0.786. The molecular weight excluding hydrogens is 136 g/mol. The van der Waals surface area contributed by atoms with Gasteiger partial charge in [-0.1, -0.05) is 13.8 Å². The highest BCUT2D eigenvalue weighted by Crippen LogP contribution is 2.14. The van der Waals surface area contributed by atoms with Crippen LogP contribution < -0.4 is 11.5 Å². The van der Waals surface area contributed by atoms with Crippen LogP contribution in [0.4, 0.5) is 0 Å². The zero-order valence-corrected chi connectivity index (χ0v) is 7.81. The minimum atomic E-state index is 0.393. The standard InChI is InChI=1S/C9H18N2/c1-6(2)9(11)8(4)7(3)5-10/h5-6H,10-11H2,1-4H3/b7-5+,9-8-. The normalized spacial score (nSPS) is 15.2. The van der Waals surface area contributed by atoms with Gasteiger partial charge in [-0.3, -0.25) is 0 Å². The van der Waals surface area contributed by atoms with Gasteiger partial charge in [0.2, 0.25) is 0 Å². The summed E-state index contributed by atoms with van der Waals surface area (Å²) in [5.41, 5.74) is 14.3. The average Bonchev–Trinajstić information content (AvgIpc) is 2.00. The molecule has 0 heterocycles. The van der Waals surface area contributed by atoms with Crippen LogP contribution in [0.1, 0.15) is 27.7 Å². The van der Waals surface area contributed by atoms with Gasteiger partial charge in [0.1, 0.15) is 0 Å². The zero-order valence-electron chi connectivity index (χ0n) is 7.81. The molecule has 0 aromatic heterocycles. The topological polar surface area (TPSA) is 52.0 Å². The predicted octanol–water partition coefficient (Wildman–Crippen LogP) is 1.74. The molecule has 0 saturated heterocycles. The van der Waals surface area contributed by atoms with Crippen molar-refractivity contribution in [3.8, 4) is 0 Å². The van der Waals surface area contributed by atoms with Crippen LogP contribution in [0.3, 0.4) is 0 Å². The second kappa shape index (κ2) is 4.06. The van der Waals surface area contributed by atoms with Crippen molar-refractivity contribution in [1.29, 1.82) is 0 Å². The summed E-state index contributed by atoms with van der Waals surface area (Å²) in [6.07, 6.45) is 1.59. The van der Waals surface area contributed by atoms with E-state index in [0.29, 0.717) is 5.92 Å². The second-order valence-corrected chi connectivity index (χ2v) is 3.08. The van der Waals surface area contributed by atoms with Crippen molar-refractivity contribution in [2.75, 3.05) is 0 Å². The Labute approximate surface area is 69.0 Å². The lowest BCUT2D eigenvalue weighted by Gasteiger charge is -2.10. The Morgan fingerprint density at radius 3 is 2.00 bits per heavy atom. The molecule has 0 aromatic carbocycles. The van der Waals surface area contributed by atoms with Crippen LogP contribution in [-0.4, -0.2) is 0 Å². The van der Waals surface area contributed by atoms with Crippen molar-refractivity contribution in [2.45, 2.75) is 27.7 Å². The minimum absolute atomic E-state index is 0.393. The molecule has 0 atom stereocenters. The van der Waals surface area contributed by atoms with Gasteiger partial charge < -0.3 is 11.5 Å². The first-order chi connectivity index (χ1) is 5.00. The highest BCUT2D eigenvalue weighted by atomic mass is 14.6. The van der Waals surface area contributed by atoms with Crippen molar-refractivity contribution in [1.82, 2.24) is 0 Å². The first kappa shape index (κ1) is 10.1. The smallest absolute Gasteiger partial charge is 0.0139 e. The van der Waals surface area contributed by atoms with Crippen LogP contribution in [0.5, 0.6) is 0 Å². The Bertz CT molecular complexity index is 188. The van der Waals surface area contributed by atoms with E-state index < -0.39 is 0 Å². The maximum absolute atomic E-state index is 5.82. The molecule has 11 heavy (non-hydrogen) atoms. The molecule has 0 bridgehead atoms. The van der Waals surface area contributed by atoms with Gasteiger partial charge in [0.15, 0.2) is 0 Å². The van der Waals surface area contributed by atoms with Gasteiger partial charge in [0, 0.05) is 5.70 Å². The van der Waals surface area contributed by atoms with Gasteiger partial charge >= 0.3 is 0 Å². The lowest BCUT2D eigenvalue weighted by Crippen LogP contribution is -2.08. The van der Waals surface area contributed by atoms with Crippen LogP contribution in [-0.2, 0) is 0 Å². The summed E-state index contributed by atoms with van der Waals surface area (Å²) >= 11 is 0. The van der Waals surface area contributed by atoms with E-state index in [1.54, 1.807) is 6.20 Å². The van der Waals surface area contributed by atoms with Gasteiger partial charge in [-0.2, -0.15) is 0 Å². The Morgan fingerprint density at radius 2 is 1.73 bits per heavy atom. The van der Waals surface area contributed by atoms with Gasteiger partial charge in [0.25, 0.3) is 0 Å². The minimum Gasteiger partial charge on any atom is -0.404 e. The van der Waals surface area contributed by atoms with Crippen LogP contribution in [0.15, 0.2) is 23.0 Å². The number of hydrogen-bond donors (Lipinski definition) is 2. The molecule has 0 spiro atoms. The second-order valence-electron chi connectivity index (χ2n) is 3.08. The molecule has 0 aromatic rings. The molecule has 0 saturated carbocycles. The molecule has 0 fully saturated rings. The van der Waals surface area contributed by atoms with Crippen LogP contribution >= 0.6 is 0 Å². The Hall–Kier alpha value is -0.920. The molecule has 0 rings (SSSR count). The van der Waals surface area contributed by atoms with E-state index in [2.05, 4.69) is 13.8 Å². The lowest BCUT2D eigenvalue weighted by atomic mass is 10.0. The van der Waals surface area contributed by atoms with E-state index in [-0.39, 0.29) is 0 Å². The first-order valence-corrected chi connectivity index (χ1v) is 3.85. The number of allylic oxidation sites excluding steroid dienone is 3. The maximum atomic E-state index is 5.82. The summed E-state index contributed by atoms with van der Waals surface area (Å²) in [6.45, 7) is 8.10. The average molecular weight is 154 g/mol. The number of rotatable bonds is 2. The lowest BCUT2D eigenvalue weighted by molar-refractivity contribution is 0.745. The van der Waals surface area contributed by atoms with Crippen LogP contribution in [0, 0.1) is 5.92 Å². The van der Waals surface area contributed by atoms with E-state index >= 15 is 0 Å². The third-order valence-electron chi connectivity index (χ3n) is 1.90. The molecule has 64 valence electrons. The number of nitrogens with two attached hydrogens (primary N) is 2. The third-order valence-corrected chi connectivity index (χ3v) is 1.90. The molecule has 4 N–H and O–H groups in total. The van der Waals surface area contributed by atoms with Crippen molar-refractivity contribution < 1.29 is 0 Å². The third kappa shape index (κ3) is 2.66. The number of hydrogen-bond acceptors (Lipinski definition) is 2. The molecule has 0 aliphatic rings. The van der Waals surface area contributed by atoms with E-state index in [1.807, 2.05) is 13.8 Å². The maximum Gasteiger partial charge on any atom is 0.0139 e. The summed E-state index contributed by atoms with van der Waals surface area (Å²) < 4.78 is 0. The summed E-state index contributed by atoms with van der Waals surface area (Å²) in [5, 5.41) is 0. The van der Waals surface area contributed by atoms with Gasteiger partial charge in [-0.25, -0.2) is 0 Å². The van der Waals surface area contributed by atoms with Gasteiger partial charge in [-0.15, -0.1) is 0 Å².